The van der Waals surface area contributed by atoms with E-state index in [0.717, 1.165) is 21.9 Å². The molecule has 0 spiro atoms. The van der Waals surface area contributed by atoms with Crippen LogP contribution in [0.2, 0.25) is 5.02 Å². The van der Waals surface area contributed by atoms with Gasteiger partial charge in [0.1, 0.15) is 6.61 Å². The van der Waals surface area contributed by atoms with Gasteiger partial charge < -0.3 is 4.74 Å². The summed E-state index contributed by atoms with van der Waals surface area (Å²) in [6.45, 7) is 0.250. The Morgan fingerprint density at radius 2 is 1.78 bits per heavy atom. The standard InChI is InChI=1S/C20H15ClO2/c21-18-9-3-5-15(13-18)11-12-20(22)23-14-17-8-4-7-16-6-1-2-10-19(16)17/h1-13H,14H2/b12-11+. The molecule has 0 aliphatic rings. The van der Waals surface area contributed by atoms with Gasteiger partial charge in [0.05, 0.1) is 0 Å². The Balaban J connectivity index is 1.67. The van der Waals surface area contributed by atoms with E-state index in [2.05, 4.69) is 0 Å². The molecule has 114 valence electrons. The van der Waals surface area contributed by atoms with Crippen molar-refractivity contribution in [3.63, 3.8) is 0 Å². The largest absolute Gasteiger partial charge is 0.458 e. The highest BCUT2D eigenvalue weighted by atomic mass is 35.5. The van der Waals surface area contributed by atoms with Crippen molar-refractivity contribution in [3.05, 3.63) is 89.0 Å². The number of halogens is 1. The van der Waals surface area contributed by atoms with Crippen molar-refractivity contribution in [1.82, 2.24) is 0 Å². The molecule has 0 fully saturated rings. The van der Waals surface area contributed by atoms with Crippen LogP contribution in [-0.2, 0) is 16.1 Å². The summed E-state index contributed by atoms with van der Waals surface area (Å²) >= 11 is 5.91. The van der Waals surface area contributed by atoms with E-state index < -0.39 is 0 Å². The maximum atomic E-state index is 11.9. The predicted octanol–water partition coefficient (Wildman–Crippen LogP) is 5.25. The number of ether oxygens (including phenoxy) is 1. The van der Waals surface area contributed by atoms with Crippen LogP contribution in [0.5, 0.6) is 0 Å². The highest BCUT2D eigenvalue weighted by Crippen LogP contribution is 2.19. The van der Waals surface area contributed by atoms with Crippen LogP contribution < -0.4 is 0 Å². The van der Waals surface area contributed by atoms with Crippen molar-refractivity contribution in [2.24, 2.45) is 0 Å². The molecule has 0 radical (unpaired) electrons. The summed E-state index contributed by atoms with van der Waals surface area (Å²) in [5.74, 6) is -0.377. The first-order valence-corrected chi connectivity index (χ1v) is 7.67. The van der Waals surface area contributed by atoms with E-state index in [0.29, 0.717) is 5.02 Å². The minimum atomic E-state index is -0.377. The summed E-state index contributed by atoms with van der Waals surface area (Å²) in [5, 5.41) is 2.87. The van der Waals surface area contributed by atoms with Gasteiger partial charge in [0.25, 0.3) is 0 Å². The molecule has 0 aliphatic carbocycles. The van der Waals surface area contributed by atoms with Crippen molar-refractivity contribution in [2.45, 2.75) is 6.61 Å². The SMILES string of the molecule is O=C(/C=C/c1cccc(Cl)c1)OCc1cccc2ccccc12. The third kappa shape index (κ3) is 3.99. The van der Waals surface area contributed by atoms with Crippen LogP contribution in [0.3, 0.4) is 0 Å². The van der Waals surface area contributed by atoms with Gasteiger partial charge in [-0.05, 0) is 40.1 Å². The van der Waals surface area contributed by atoms with Gasteiger partial charge in [-0.15, -0.1) is 0 Å². The average molecular weight is 323 g/mol. The summed E-state index contributed by atoms with van der Waals surface area (Å²) in [4.78, 5) is 11.9. The van der Waals surface area contributed by atoms with Gasteiger partial charge in [0.2, 0.25) is 0 Å². The van der Waals surface area contributed by atoms with Crippen LogP contribution in [0.4, 0.5) is 0 Å². The van der Waals surface area contributed by atoms with Crippen LogP contribution in [-0.4, -0.2) is 5.97 Å². The maximum Gasteiger partial charge on any atom is 0.331 e. The fourth-order valence-electron chi connectivity index (χ4n) is 2.39. The smallest absolute Gasteiger partial charge is 0.331 e. The zero-order chi connectivity index (χ0) is 16.1. The molecule has 0 aliphatic heterocycles. The van der Waals surface area contributed by atoms with Gasteiger partial charge >= 0.3 is 5.97 Å². The zero-order valence-electron chi connectivity index (χ0n) is 12.4. The molecule has 0 atom stereocenters. The monoisotopic (exact) mass is 322 g/mol. The van der Waals surface area contributed by atoms with Crippen LogP contribution in [0.15, 0.2) is 72.8 Å². The quantitative estimate of drug-likeness (QED) is 0.484. The molecule has 2 nitrogen and oxygen atoms in total. The van der Waals surface area contributed by atoms with E-state index >= 15 is 0 Å². The number of hydrogen-bond donors (Lipinski definition) is 0. The lowest BCUT2D eigenvalue weighted by molar-refractivity contribution is -0.138. The minimum absolute atomic E-state index is 0.250. The molecular weight excluding hydrogens is 308 g/mol. The van der Waals surface area contributed by atoms with Gasteiger partial charge in [0, 0.05) is 11.1 Å². The number of carbonyl (C=O) groups is 1. The lowest BCUT2D eigenvalue weighted by Gasteiger charge is -2.06. The Morgan fingerprint density at radius 3 is 2.65 bits per heavy atom. The van der Waals surface area contributed by atoms with Crippen molar-refractivity contribution in [1.29, 1.82) is 0 Å². The van der Waals surface area contributed by atoms with E-state index in [9.17, 15) is 4.79 Å². The van der Waals surface area contributed by atoms with Gasteiger partial charge in [0.15, 0.2) is 0 Å². The summed E-state index contributed by atoms with van der Waals surface area (Å²) in [5.41, 5.74) is 1.85. The van der Waals surface area contributed by atoms with Crippen molar-refractivity contribution < 1.29 is 9.53 Å². The molecule has 3 aromatic rings. The Labute approximate surface area is 140 Å². The summed E-state index contributed by atoms with van der Waals surface area (Å²) in [7, 11) is 0. The lowest BCUT2D eigenvalue weighted by Crippen LogP contribution is -2.01. The fourth-order valence-corrected chi connectivity index (χ4v) is 2.59. The third-order valence-electron chi connectivity index (χ3n) is 3.51. The number of fused-ring (bicyclic) bond motifs is 1. The first-order valence-electron chi connectivity index (χ1n) is 7.29. The third-order valence-corrected chi connectivity index (χ3v) is 3.75. The molecule has 3 heteroatoms. The molecular formula is C20H15ClO2. The Bertz CT molecular complexity index is 863. The van der Waals surface area contributed by atoms with E-state index in [1.165, 1.54) is 6.08 Å². The second-order valence-electron chi connectivity index (χ2n) is 5.13. The summed E-state index contributed by atoms with van der Waals surface area (Å²) in [6, 6.07) is 21.3. The molecule has 0 heterocycles. The molecule has 23 heavy (non-hydrogen) atoms. The van der Waals surface area contributed by atoms with E-state index in [-0.39, 0.29) is 12.6 Å². The van der Waals surface area contributed by atoms with Crippen molar-refractivity contribution in [3.8, 4) is 0 Å². The van der Waals surface area contributed by atoms with Crippen molar-refractivity contribution in [2.75, 3.05) is 0 Å². The Morgan fingerprint density at radius 1 is 1.00 bits per heavy atom. The van der Waals surface area contributed by atoms with Gasteiger partial charge in [-0.1, -0.05) is 66.2 Å². The zero-order valence-corrected chi connectivity index (χ0v) is 13.2. The highest BCUT2D eigenvalue weighted by Gasteiger charge is 2.03. The van der Waals surface area contributed by atoms with E-state index in [1.54, 1.807) is 18.2 Å². The summed E-state index contributed by atoms with van der Waals surface area (Å²) in [6.07, 6.45) is 3.11. The van der Waals surface area contributed by atoms with Gasteiger partial charge in [-0.2, -0.15) is 0 Å². The maximum absolute atomic E-state index is 11.9. The first kappa shape index (κ1) is 15.3. The molecule has 0 amide bonds. The van der Waals surface area contributed by atoms with Gasteiger partial charge in [-0.25, -0.2) is 4.79 Å². The normalized spacial score (nSPS) is 11.0. The number of esters is 1. The van der Waals surface area contributed by atoms with Crippen molar-refractivity contribution >= 4 is 34.4 Å². The van der Waals surface area contributed by atoms with Crippen LogP contribution in [0, 0.1) is 0 Å². The molecule has 0 N–H and O–H groups in total. The molecule has 0 saturated carbocycles. The summed E-state index contributed by atoms with van der Waals surface area (Å²) < 4.78 is 5.33. The molecule has 0 bridgehead atoms. The average Bonchev–Trinajstić information content (AvgIpc) is 2.58. The second kappa shape index (κ2) is 7.12. The molecule has 0 unspecified atom stereocenters. The van der Waals surface area contributed by atoms with Crippen LogP contribution in [0.1, 0.15) is 11.1 Å². The number of hydrogen-bond acceptors (Lipinski definition) is 2. The van der Waals surface area contributed by atoms with E-state index in [1.807, 2.05) is 54.6 Å². The van der Waals surface area contributed by atoms with Gasteiger partial charge in [-0.3, -0.25) is 0 Å². The molecule has 3 rings (SSSR count). The van der Waals surface area contributed by atoms with E-state index in [4.69, 9.17) is 16.3 Å². The number of carbonyl (C=O) groups excluding carboxylic acids is 1. The first-order chi connectivity index (χ1) is 11.2. The highest BCUT2D eigenvalue weighted by molar-refractivity contribution is 6.30. The molecule has 0 saturated heterocycles. The predicted molar refractivity (Wildman–Crippen MR) is 94.2 cm³/mol. The molecule has 0 aromatic heterocycles. The fraction of sp³-hybridized carbons (Fsp3) is 0.0500. The minimum Gasteiger partial charge on any atom is -0.458 e. The topological polar surface area (TPSA) is 26.3 Å². The van der Waals surface area contributed by atoms with Crippen LogP contribution in [0.25, 0.3) is 16.8 Å². The number of rotatable bonds is 4. The number of benzene rings is 3. The Hall–Kier alpha value is -2.58. The molecule has 3 aromatic carbocycles. The Kier molecular flexibility index (Phi) is 4.74. The van der Waals surface area contributed by atoms with Crippen LogP contribution >= 0.6 is 11.6 Å². The lowest BCUT2D eigenvalue weighted by atomic mass is 10.1. The second-order valence-corrected chi connectivity index (χ2v) is 5.57.